The molecule has 1 saturated heterocycles. The maximum absolute atomic E-state index is 14.3. The Morgan fingerprint density at radius 3 is 2.44 bits per heavy atom. The molecule has 4 rings (SSSR count). The first kappa shape index (κ1) is 23.3. The molecule has 0 atom stereocenters. The van der Waals surface area contributed by atoms with E-state index in [-0.39, 0.29) is 16.8 Å². The number of halogens is 3. The van der Waals surface area contributed by atoms with E-state index in [4.69, 9.17) is 11.5 Å². The molecule has 0 aliphatic carbocycles. The number of hydrogen-bond donors (Lipinski definition) is 3. The summed E-state index contributed by atoms with van der Waals surface area (Å²) in [6.07, 6.45) is -0.0598. The Kier molecular flexibility index (Phi) is 6.03. The molecule has 2 heterocycles. The number of anilines is 1. The molecule has 9 heteroatoms. The third-order valence-electron chi connectivity index (χ3n) is 6.29. The lowest BCUT2D eigenvalue weighted by molar-refractivity contribution is -0.137. The number of aromatic nitrogens is 2. The number of H-pyrrole nitrogens is 1. The molecule has 1 aliphatic rings. The van der Waals surface area contributed by atoms with Crippen LogP contribution in [0.25, 0.3) is 27.7 Å². The smallest absolute Gasteiger partial charge is 0.403 e. The summed E-state index contributed by atoms with van der Waals surface area (Å²) < 4.78 is 43.0. The summed E-state index contributed by atoms with van der Waals surface area (Å²) in [7, 11) is 0. The Hall–Kier alpha value is -3.88. The van der Waals surface area contributed by atoms with Crippen LogP contribution in [0, 0.1) is 6.92 Å². The van der Waals surface area contributed by atoms with Gasteiger partial charge in [0.05, 0.1) is 23.0 Å². The SMILES string of the molecule is C=CC(=C)N1CCN(/C(=C/N)c2cc(C(F)(F)F)c(-c3c(C)ccc4[nH]ncc34)cc2N)CC1. The number of nitrogens with two attached hydrogens (primary N) is 2. The number of nitrogen functional groups attached to an aromatic ring is 1. The summed E-state index contributed by atoms with van der Waals surface area (Å²) >= 11 is 0. The van der Waals surface area contributed by atoms with Crippen LogP contribution in [0.15, 0.2) is 61.6 Å². The summed E-state index contributed by atoms with van der Waals surface area (Å²) in [5.41, 5.74) is 15.1. The number of nitrogens with one attached hydrogen (secondary N) is 1. The molecule has 2 aromatic carbocycles. The minimum atomic E-state index is -4.60. The van der Waals surface area contributed by atoms with E-state index in [2.05, 4.69) is 28.3 Å². The van der Waals surface area contributed by atoms with Gasteiger partial charge in [-0.05, 0) is 47.9 Å². The van der Waals surface area contributed by atoms with Crippen LogP contribution in [0.4, 0.5) is 18.9 Å². The quantitative estimate of drug-likeness (QED) is 0.373. The van der Waals surface area contributed by atoms with E-state index >= 15 is 0 Å². The van der Waals surface area contributed by atoms with Crippen molar-refractivity contribution in [2.24, 2.45) is 5.73 Å². The van der Waals surface area contributed by atoms with Gasteiger partial charge in [0.2, 0.25) is 0 Å². The number of aryl methyl sites for hydroxylation is 1. The third-order valence-corrected chi connectivity index (χ3v) is 6.29. The molecule has 5 N–H and O–H groups in total. The van der Waals surface area contributed by atoms with Crippen molar-refractivity contribution in [1.82, 2.24) is 20.0 Å². The Labute approximate surface area is 196 Å². The molecule has 0 saturated carbocycles. The molecule has 178 valence electrons. The second kappa shape index (κ2) is 8.81. The van der Waals surface area contributed by atoms with Crippen molar-refractivity contribution in [2.45, 2.75) is 13.1 Å². The number of rotatable bonds is 5. The van der Waals surface area contributed by atoms with Gasteiger partial charge in [-0.2, -0.15) is 18.3 Å². The summed E-state index contributed by atoms with van der Waals surface area (Å²) in [4.78, 5) is 4.01. The van der Waals surface area contributed by atoms with Crippen LogP contribution in [0.3, 0.4) is 0 Å². The highest BCUT2D eigenvalue weighted by Gasteiger charge is 2.36. The van der Waals surface area contributed by atoms with Crippen LogP contribution in [0.1, 0.15) is 16.7 Å². The van der Waals surface area contributed by atoms with Crippen LogP contribution in [-0.4, -0.2) is 46.2 Å². The highest BCUT2D eigenvalue weighted by atomic mass is 19.4. The first-order valence-corrected chi connectivity index (χ1v) is 10.8. The summed E-state index contributed by atoms with van der Waals surface area (Å²) in [6.45, 7) is 11.9. The van der Waals surface area contributed by atoms with Crippen LogP contribution < -0.4 is 11.5 Å². The average molecular weight is 469 g/mol. The van der Waals surface area contributed by atoms with E-state index in [9.17, 15) is 13.2 Å². The van der Waals surface area contributed by atoms with E-state index in [1.807, 2.05) is 4.90 Å². The van der Waals surface area contributed by atoms with Crippen molar-refractivity contribution in [3.05, 3.63) is 78.3 Å². The molecule has 6 nitrogen and oxygen atoms in total. The van der Waals surface area contributed by atoms with Crippen LogP contribution >= 0.6 is 0 Å². The van der Waals surface area contributed by atoms with E-state index in [1.165, 1.54) is 18.5 Å². The zero-order valence-corrected chi connectivity index (χ0v) is 18.9. The fourth-order valence-electron chi connectivity index (χ4n) is 4.49. The van der Waals surface area contributed by atoms with Gasteiger partial charge in [0.1, 0.15) is 0 Å². The van der Waals surface area contributed by atoms with Crippen molar-refractivity contribution in [3.63, 3.8) is 0 Å². The molecule has 1 aliphatic heterocycles. The zero-order valence-electron chi connectivity index (χ0n) is 18.9. The number of aromatic amines is 1. The molecule has 1 aromatic heterocycles. The first-order valence-electron chi connectivity index (χ1n) is 10.8. The second-order valence-electron chi connectivity index (χ2n) is 8.29. The molecular formula is C25H27F3N6. The third kappa shape index (κ3) is 4.09. The number of benzene rings is 2. The topological polar surface area (TPSA) is 87.2 Å². The monoisotopic (exact) mass is 468 g/mol. The summed E-state index contributed by atoms with van der Waals surface area (Å²) in [6, 6.07) is 6.06. The molecule has 3 aromatic rings. The molecule has 0 radical (unpaired) electrons. The van der Waals surface area contributed by atoms with Crippen LogP contribution in [-0.2, 0) is 6.18 Å². The number of fused-ring (bicyclic) bond motifs is 1. The van der Waals surface area contributed by atoms with E-state index in [0.29, 0.717) is 53.9 Å². The largest absolute Gasteiger partial charge is 0.417 e. The fraction of sp³-hybridized carbons (Fsp3) is 0.240. The van der Waals surface area contributed by atoms with Gasteiger partial charge in [0.15, 0.2) is 0 Å². The lowest BCUT2D eigenvalue weighted by Crippen LogP contribution is -2.44. The molecule has 0 spiro atoms. The Balaban J connectivity index is 1.80. The van der Waals surface area contributed by atoms with Crippen molar-refractivity contribution < 1.29 is 13.2 Å². The minimum absolute atomic E-state index is 0.0155. The highest BCUT2D eigenvalue weighted by molar-refractivity contribution is 5.98. The predicted octanol–water partition coefficient (Wildman–Crippen LogP) is 4.71. The molecule has 0 unspecified atom stereocenters. The Bertz CT molecular complexity index is 1280. The maximum Gasteiger partial charge on any atom is 0.417 e. The summed E-state index contributed by atoms with van der Waals surface area (Å²) in [5.74, 6) is 0. The van der Waals surface area contributed by atoms with Gasteiger partial charge in [-0.15, -0.1) is 0 Å². The van der Waals surface area contributed by atoms with Crippen molar-refractivity contribution >= 4 is 22.3 Å². The van der Waals surface area contributed by atoms with Crippen LogP contribution in [0.2, 0.25) is 0 Å². The number of piperazine rings is 1. The number of nitrogens with zero attached hydrogens (tertiary/aromatic N) is 3. The number of alkyl halides is 3. The van der Waals surface area contributed by atoms with Gasteiger partial charge in [-0.1, -0.05) is 19.2 Å². The van der Waals surface area contributed by atoms with Gasteiger partial charge >= 0.3 is 6.18 Å². The molecule has 0 amide bonds. The molecular weight excluding hydrogens is 441 g/mol. The van der Waals surface area contributed by atoms with Crippen molar-refractivity contribution in [2.75, 3.05) is 31.9 Å². The van der Waals surface area contributed by atoms with E-state index < -0.39 is 11.7 Å². The van der Waals surface area contributed by atoms with Gasteiger partial charge in [-0.3, -0.25) is 5.10 Å². The van der Waals surface area contributed by atoms with Crippen LogP contribution in [0.5, 0.6) is 0 Å². The van der Waals surface area contributed by atoms with E-state index in [1.54, 1.807) is 25.1 Å². The van der Waals surface area contributed by atoms with Gasteiger partial charge in [0, 0.05) is 54.7 Å². The normalized spacial score (nSPS) is 15.1. The number of hydrogen-bond acceptors (Lipinski definition) is 5. The standard InChI is InChI=1S/C25H27F3N6/c1-4-16(3)33-7-9-34(10-8-33)23(13-29)18-11-20(25(26,27)28)17(12-21(18)30)24-15(2)5-6-22-19(24)14-31-32-22/h4-6,11-14H,1,3,7-10,29-30H2,2H3,(H,31,32)/b23-13+. The zero-order chi connectivity index (χ0) is 24.6. The van der Waals surface area contributed by atoms with Gasteiger partial charge in [-0.25, -0.2) is 0 Å². The highest BCUT2D eigenvalue weighted by Crippen LogP contribution is 2.44. The fourth-order valence-corrected chi connectivity index (χ4v) is 4.49. The molecule has 1 fully saturated rings. The molecule has 0 bridgehead atoms. The van der Waals surface area contributed by atoms with Crippen molar-refractivity contribution in [3.8, 4) is 11.1 Å². The first-order chi connectivity index (χ1) is 16.2. The lowest BCUT2D eigenvalue weighted by atomic mass is 9.90. The Morgan fingerprint density at radius 2 is 1.82 bits per heavy atom. The van der Waals surface area contributed by atoms with Crippen molar-refractivity contribution in [1.29, 1.82) is 0 Å². The summed E-state index contributed by atoms with van der Waals surface area (Å²) in [5, 5.41) is 7.42. The number of allylic oxidation sites excluding steroid dienone is 1. The molecule has 34 heavy (non-hydrogen) atoms. The maximum atomic E-state index is 14.3. The Morgan fingerprint density at radius 1 is 1.15 bits per heavy atom. The predicted molar refractivity (Wildman–Crippen MR) is 130 cm³/mol. The van der Waals surface area contributed by atoms with Gasteiger partial charge in [0.25, 0.3) is 0 Å². The van der Waals surface area contributed by atoms with Gasteiger partial charge < -0.3 is 21.3 Å². The lowest BCUT2D eigenvalue weighted by Gasteiger charge is -2.39. The average Bonchev–Trinajstić information content (AvgIpc) is 3.28. The second-order valence-corrected chi connectivity index (χ2v) is 8.29. The van der Waals surface area contributed by atoms with E-state index in [0.717, 1.165) is 11.8 Å². The minimum Gasteiger partial charge on any atom is -0.403 e.